The summed E-state index contributed by atoms with van der Waals surface area (Å²) in [5.41, 5.74) is 1.88. The first-order valence-corrected chi connectivity index (χ1v) is 8.71. The van der Waals surface area contributed by atoms with Crippen LogP contribution in [-0.4, -0.2) is 21.7 Å². The molecule has 0 bridgehead atoms. The van der Waals surface area contributed by atoms with Gasteiger partial charge in [-0.1, -0.05) is 56.3 Å². The molecule has 0 aromatic heterocycles. The van der Waals surface area contributed by atoms with Gasteiger partial charge < -0.3 is 10.2 Å². The summed E-state index contributed by atoms with van der Waals surface area (Å²) in [6.45, 7) is 3.93. The fourth-order valence-electron chi connectivity index (χ4n) is 3.29. The van der Waals surface area contributed by atoms with E-state index in [4.69, 9.17) is 0 Å². The van der Waals surface area contributed by atoms with Crippen molar-refractivity contribution in [2.75, 3.05) is 0 Å². The van der Waals surface area contributed by atoms with Crippen LogP contribution in [0.2, 0.25) is 0 Å². The number of carbonyl (C=O) groups is 1. The van der Waals surface area contributed by atoms with Gasteiger partial charge in [0.05, 0.1) is 11.3 Å². The van der Waals surface area contributed by atoms with Gasteiger partial charge >= 0.3 is 0 Å². The standard InChI is InChI=1S/C22H23NO3/c1-22(2)13-19(25)21(20(26)14-22)17(12-15-8-4-3-5-9-15)23-16-10-6-7-11-18(16)24/h3-11,24-25H,12-14H2,1-2H3. The molecule has 0 saturated heterocycles. The summed E-state index contributed by atoms with van der Waals surface area (Å²) in [6.07, 6.45) is 1.20. The zero-order valence-corrected chi connectivity index (χ0v) is 15.1. The minimum Gasteiger partial charge on any atom is -0.511 e. The molecule has 0 radical (unpaired) electrons. The van der Waals surface area contributed by atoms with Crippen LogP contribution in [-0.2, 0) is 11.2 Å². The number of Topliss-reactive ketones (excluding diaryl/α,β-unsaturated/α-hetero) is 1. The lowest BCUT2D eigenvalue weighted by Gasteiger charge is -2.30. The topological polar surface area (TPSA) is 69.9 Å². The Bertz CT molecular complexity index is 879. The van der Waals surface area contributed by atoms with Crippen molar-refractivity contribution >= 4 is 17.2 Å². The average Bonchev–Trinajstić information content (AvgIpc) is 2.56. The van der Waals surface area contributed by atoms with Gasteiger partial charge in [0.1, 0.15) is 17.2 Å². The van der Waals surface area contributed by atoms with Crippen molar-refractivity contribution in [1.82, 2.24) is 0 Å². The minimum atomic E-state index is -0.266. The molecule has 4 nitrogen and oxygen atoms in total. The molecule has 26 heavy (non-hydrogen) atoms. The number of aromatic hydroxyl groups is 1. The van der Waals surface area contributed by atoms with E-state index in [-0.39, 0.29) is 28.3 Å². The third kappa shape index (κ3) is 4.02. The van der Waals surface area contributed by atoms with Crippen molar-refractivity contribution in [2.45, 2.75) is 33.1 Å². The van der Waals surface area contributed by atoms with Crippen molar-refractivity contribution in [3.8, 4) is 5.75 Å². The highest BCUT2D eigenvalue weighted by Crippen LogP contribution is 2.37. The lowest BCUT2D eigenvalue weighted by Crippen LogP contribution is -2.30. The van der Waals surface area contributed by atoms with E-state index in [0.717, 1.165) is 5.56 Å². The number of aliphatic imine (C=N–C) groups is 1. The van der Waals surface area contributed by atoms with E-state index in [0.29, 0.717) is 30.7 Å². The van der Waals surface area contributed by atoms with E-state index in [9.17, 15) is 15.0 Å². The van der Waals surface area contributed by atoms with Gasteiger partial charge in [-0.25, -0.2) is 4.99 Å². The van der Waals surface area contributed by atoms with Crippen molar-refractivity contribution in [2.24, 2.45) is 10.4 Å². The number of hydrogen-bond donors (Lipinski definition) is 2. The van der Waals surface area contributed by atoms with Crippen LogP contribution in [0.25, 0.3) is 0 Å². The second-order valence-electron chi connectivity index (χ2n) is 7.47. The first-order chi connectivity index (χ1) is 12.4. The Balaban J connectivity index is 2.09. The molecule has 0 spiro atoms. The number of aliphatic hydroxyl groups excluding tert-OH is 1. The normalized spacial score (nSPS) is 17.5. The Kier molecular flexibility index (Phi) is 4.94. The summed E-state index contributed by atoms with van der Waals surface area (Å²) in [4.78, 5) is 17.3. The Morgan fingerprint density at radius 1 is 1.00 bits per heavy atom. The van der Waals surface area contributed by atoms with Crippen molar-refractivity contribution < 1.29 is 15.0 Å². The molecule has 0 fully saturated rings. The summed E-state index contributed by atoms with van der Waals surface area (Å²) in [7, 11) is 0. The van der Waals surface area contributed by atoms with E-state index in [1.54, 1.807) is 24.3 Å². The molecule has 0 aliphatic heterocycles. The number of rotatable bonds is 4. The van der Waals surface area contributed by atoms with E-state index < -0.39 is 0 Å². The number of allylic oxidation sites excluding steroid dienone is 2. The van der Waals surface area contributed by atoms with Gasteiger partial charge in [-0.05, 0) is 23.1 Å². The molecule has 2 N–H and O–H groups in total. The molecule has 2 aromatic carbocycles. The number of ketones is 1. The largest absolute Gasteiger partial charge is 0.511 e. The maximum absolute atomic E-state index is 12.8. The zero-order chi connectivity index (χ0) is 18.7. The third-order valence-electron chi connectivity index (χ3n) is 4.49. The van der Waals surface area contributed by atoms with Crippen molar-refractivity contribution in [3.05, 3.63) is 71.5 Å². The van der Waals surface area contributed by atoms with Gasteiger partial charge in [0.2, 0.25) is 0 Å². The summed E-state index contributed by atoms with van der Waals surface area (Å²) < 4.78 is 0. The molecule has 4 heteroatoms. The van der Waals surface area contributed by atoms with Gasteiger partial charge in [0, 0.05) is 19.3 Å². The molecule has 1 aliphatic rings. The molecule has 0 heterocycles. The number of benzene rings is 2. The smallest absolute Gasteiger partial charge is 0.168 e. The van der Waals surface area contributed by atoms with Crippen molar-refractivity contribution in [3.63, 3.8) is 0 Å². The maximum Gasteiger partial charge on any atom is 0.168 e. The number of phenolic OH excluding ortho intramolecular Hbond substituents is 1. The molecular weight excluding hydrogens is 326 g/mol. The Hall–Kier alpha value is -2.88. The molecule has 0 amide bonds. The molecule has 1 aliphatic carbocycles. The number of para-hydroxylation sites is 2. The molecule has 134 valence electrons. The summed E-state index contributed by atoms with van der Waals surface area (Å²) in [5, 5.41) is 20.7. The number of phenols is 1. The van der Waals surface area contributed by atoms with Gasteiger partial charge in [-0.15, -0.1) is 0 Å². The molecule has 0 saturated carbocycles. The number of nitrogens with zero attached hydrogens (tertiary/aromatic N) is 1. The predicted octanol–water partition coefficient (Wildman–Crippen LogP) is 4.91. The number of hydrogen-bond acceptors (Lipinski definition) is 4. The molecule has 3 rings (SSSR count). The van der Waals surface area contributed by atoms with E-state index in [2.05, 4.69) is 4.99 Å². The Morgan fingerprint density at radius 3 is 2.31 bits per heavy atom. The molecular formula is C22H23NO3. The number of aliphatic hydroxyl groups is 1. The highest BCUT2D eigenvalue weighted by molar-refractivity contribution is 6.24. The predicted molar refractivity (Wildman–Crippen MR) is 103 cm³/mol. The first-order valence-electron chi connectivity index (χ1n) is 8.71. The molecule has 0 atom stereocenters. The minimum absolute atomic E-state index is 0.0433. The van der Waals surface area contributed by atoms with Crippen molar-refractivity contribution in [1.29, 1.82) is 0 Å². The van der Waals surface area contributed by atoms with Gasteiger partial charge in [0.15, 0.2) is 5.78 Å². The highest BCUT2D eigenvalue weighted by atomic mass is 16.3. The average molecular weight is 349 g/mol. The fraction of sp³-hybridized carbons (Fsp3) is 0.273. The van der Waals surface area contributed by atoms with Gasteiger partial charge in [0.25, 0.3) is 0 Å². The second kappa shape index (κ2) is 7.16. The quantitative estimate of drug-likeness (QED) is 0.771. The Morgan fingerprint density at radius 2 is 1.65 bits per heavy atom. The van der Waals surface area contributed by atoms with Crippen LogP contribution in [0.15, 0.2) is 70.9 Å². The van der Waals surface area contributed by atoms with E-state index >= 15 is 0 Å². The Labute approximate surface area is 153 Å². The van der Waals surface area contributed by atoms with E-state index in [1.165, 1.54) is 0 Å². The van der Waals surface area contributed by atoms with Crippen LogP contribution in [0.1, 0.15) is 32.3 Å². The zero-order valence-electron chi connectivity index (χ0n) is 15.1. The van der Waals surface area contributed by atoms with Crippen LogP contribution in [0, 0.1) is 5.41 Å². The van der Waals surface area contributed by atoms with E-state index in [1.807, 2.05) is 44.2 Å². The van der Waals surface area contributed by atoms with Gasteiger partial charge in [-0.2, -0.15) is 0 Å². The van der Waals surface area contributed by atoms with Crippen LogP contribution in [0.5, 0.6) is 5.75 Å². The third-order valence-corrected chi connectivity index (χ3v) is 4.49. The van der Waals surface area contributed by atoms with Crippen LogP contribution >= 0.6 is 0 Å². The first kappa shape index (κ1) is 17.9. The molecule has 2 aromatic rings. The summed E-state index contributed by atoms with van der Waals surface area (Å²) in [5.74, 6) is 0.0157. The fourth-order valence-corrected chi connectivity index (χ4v) is 3.29. The SMILES string of the molecule is CC1(C)CC(=O)C(C(Cc2ccccc2)=Nc2ccccc2O)=C(O)C1. The van der Waals surface area contributed by atoms with Gasteiger partial charge in [-0.3, -0.25) is 4.79 Å². The lowest BCUT2D eigenvalue weighted by molar-refractivity contribution is -0.117. The highest BCUT2D eigenvalue weighted by Gasteiger charge is 2.35. The van der Waals surface area contributed by atoms with Crippen LogP contribution in [0.4, 0.5) is 5.69 Å². The lowest BCUT2D eigenvalue weighted by atomic mass is 9.75. The second-order valence-corrected chi connectivity index (χ2v) is 7.47. The monoisotopic (exact) mass is 349 g/mol. The summed E-state index contributed by atoms with van der Waals surface area (Å²) in [6, 6.07) is 16.4. The summed E-state index contributed by atoms with van der Waals surface area (Å²) >= 11 is 0. The van der Waals surface area contributed by atoms with Crippen LogP contribution < -0.4 is 0 Å². The molecule has 0 unspecified atom stereocenters. The maximum atomic E-state index is 12.8. The number of carbonyl (C=O) groups excluding carboxylic acids is 1. The van der Waals surface area contributed by atoms with Crippen LogP contribution in [0.3, 0.4) is 0 Å².